The van der Waals surface area contributed by atoms with Crippen LogP contribution in [0.3, 0.4) is 0 Å². The van der Waals surface area contributed by atoms with Crippen LogP contribution in [0.15, 0.2) is 72.8 Å². The topological polar surface area (TPSA) is 37.3 Å². The molecule has 1 N–H and O–H groups in total. The monoisotopic (exact) mass is 332 g/mol. The summed E-state index contributed by atoms with van der Waals surface area (Å²) in [6.07, 6.45) is 0. The fourth-order valence-corrected chi connectivity index (χ4v) is 3.80. The second-order valence-corrected chi connectivity index (χ2v) is 9.18. The lowest BCUT2D eigenvalue weighted by Crippen LogP contribution is -2.23. The van der Waals surface area contributed by atoms with E-state index < -0.39 is 14.8 Å². The molecule has 24 heavy (non-hydrogen) atoms. The second kappa shape index (κ2) is 6.85. The summed E-state index contributed by atoms with van der Waals surface area (Å²) in [5.74, 6) is -0.880. The number of hydrogen-bond acceptors (Lipinski definition) is 1. The summed E-state index contributed by atoms with van der Waals surface area (Å²) in [6, 6.07) is 24.1. The molecule has 3 aromatic carbocycles. The number of benzene rings is 3. The van der Waals surface area contributed by atoms with E-state index in [2.05, 4.69) is 43.4 Å². The van der Waals surface area contributed by atoms with Crippen LogP contribution in [-0.2, 0) is 0 Å². The van der Waals surface area contributed by atoms with Gasteiger partial charge in [-0.3, -0.25) is 0 Å². The number of carboxylic acid groups (broad SMARTS) is 1. The molecule has 0 saturated carbocycles. The van der Waals surface area contributed by atoms with Crippen LogP contribution in [0.1, 0.15) is 10.4 Å². The lowest BCUT2D eigenvalue weighted by molar-refractivity contribution is 0.0698. The van der Waals surface area contributed by atoms with E-state index in [1.807, 2.05) is 36.4 Å². The Kier molecular flexibility index (Phi) is 4.63. The summed E-state index contributed by atoms with van der Waals surface area (Å²) in [7, 11) is -0.984. The summed E-state index contributed by atoms with van der Waals surface area (Å²) in [5.41, 5.74) is 4.40. The lowest BCUT2D eigenvalue weighted by Gasteiger charge is -2.12. The molecule has 0 amide bonds. The van der Waals surface area contributed by atoms with Crippen LogP contribution in [0.2, 0.25) is 13.1 Å². The Morgan fingerprint density at radius 3 is 1.96 bits per heavy atom. The molecule has 120 valence electrons. The van der Waals surface area contributed by atoms with Gasteiger partial charge >= 0.3 is 5.97 Å². The molecule has 0 aliphatic heterocycles. The summed E-state index contributed by atoms with van der Waals surface area (Å²) in [5, 5.41) is 10.8. The molecule has 0 aromatic heterocycles. The molecule has 0 bridgehead atoms. The van der Waals surface area contributed by atoms with E-state index in [9.17, 15) is 9.90 Å². The van der Waals surface area contributed by atoms with E-state index >= 15 is 0 Å². The Morgan fingerprint density at radius 2 is 1.38 bits per heavy atom. The van der Waals surface area contributed by atoms with E-state index in [-0.39, 0.29) is 0 Å². The molecular formula is C21H20O2Si. The highest BCUT2D eigenvalue weighted by Gasteiger charge is 2.14. The Hall–Kier alpha value is -2.65. The first kappa shape index (κ1) is 16.2. The van der Waals surface area contributed by atoms with E-state index in [1.165, 1.54) is 5.19 Å². The number of carboxylic acids is 1. The van der Waals surface area contributed by atoms with Gasteiger partial charge in [-0.25, -0.2) is 4.79 Å². The Bertz CT molecular complexity index is 853. The van der Waals surface area contributed by atoms with Crippen molar-refractivity contribution in [2.45, 2.75) is 13.1 Å². The first-order chi connectivity index (χ1) is 11.6. The van der Waals surface area contributed by atoms with Crippen LogP contribution >= 0.6 is 0 Å². The van der Waals surface area contributed by atoms with E-state index in [0.717, 1.165) is 22.3 Å². The SMILES string of the molecule is C[SiH](C)c1ccc(C(=O)O)c(-c2ccc(-c3ccccc3)cc2)c1. The molecular weight excluding hydrogens is 312 g/mol. The van der Waals surface area contributed by atoms with E-state index in [4.69, 9.17) is 0 Å². The van der Waals surface area contributed by atoms with Gasteiger partial charge in [0.25, 0.3) is 0 Å². The Balaban J connectivity index is 2.05. The zero-order chi connectivity index (χ0) is 17.1. The highest BCUT2D eigenvalue weighted by atomic mass is 28.3. The zero-order valence-corrected chi connectivity index (χ0v) is 15.0. The minimum absolute atomic E-state index is 0.362. The van der Waals surface area contributed by atoms with Crippen molar-refractivity contribution in [2.75, 3.05) is 0 Å². The maximum atomic E-state index is 11.6. The molecule has 0 fully saturated rings. The minimum Gasteiger partial charge on any atom is -0.478 e. The van der Waals surface area contributed by atoms with Gasteiger partial charge < -0.3 is 5.11 Å². The molecule has 0 atom stereocenters. The molecule has 0 spiro atoms. The fourth-order valence-electron chi connectivity index (χ4n) is 2.82. The lowest BCUT2D eigenvalue weighted by atomic mass is 9.97. The summed E-state index contributed by atoms with van der Waals surface area (Å²) in [4.78, 5) is 11.6. The third-order valence-corrected chi connectivity index (χ3v) is 5.94. The number of carbonyl (C=O) groups is 1. The first-order valence-corrected chi connectivity index (χ1v) is 11.0. The van der Waals surface area contributed by atoms with Gasteiger partial charge in [0.05, 0.1) is 14.4 Å². The van der Waals surface area contributed by atoms with Crippen LogP contribution in [0, 0.1) is 0 Å². The van der Waals surface area contributed by atoms with Gasteiger partial charge in [-0.05, 0) is 28.3 Å². The van der Waals surface area contributed by atoms with Crippen molar-refractivity contribution in [3.63, 3.8) is 0 Å². The van der Waals surface area contributed by atoms with Crippen LogP contribution in [-0.4, -0.2) is 19.9 Å². The number of aromatic carboxylic acids is 1. The van der Waals surface area contributed by atoms with Gasteiger partial charge in [-0.1, -0.05) is 85.0 Å². The molecule has 0 saturated heterocycles. The van der Waals surface area contributed by atoms with Crippen molar-refractivity contribution >= 4 is 20.0 Å². The first-order valence-electron chi connectivity index (χ1n) is 8.09. The highest BCUT2D eigenvalue weighted by Crippen LogP contribution is 2.27. The maximum absolute atomic E-state index is 11.6. The number of hydrogen-bond donors (Lipinski definition) is 1. The summed E-state index contributed by atoms with van der Waals surface area (Å²) >= 11 is 0. The summed E-state index contributed by atoms with van der Waals surface area (Å²) in [6.45, 7) is 4.50. The van der Waals surface area contributed by atoms with Gasteiger partial charge in [0.2, 0.25) is 0 Å². The maximum Gasteiger partial charge on any atom is 0.336 e. The van der Waals surface area contributed by atoms with Crippen molar-refractivity contribution in [2.24, 2.45) is 0 Å². The standard InChI is InChI=1S/C21H20O2Si/c1-24(2)18-12-13-19(21(22)23)20(14-18)17-10-8-16(9-11-17)15-6-4-3-5-7-15/h3-14,24H,1-2H3,(H,22,23). The Morgan fingerprint density at radius 1 is 0.792 bits per heavy atom. The largest absolute Gasteiger partial charge is 0.478 e. The van der Waals surface area contributed by atoms with Crippen molar-refractivity contribution in [3.8, 4) is 22.3 Å². The molecule has 3 heteroatoms. The van der Waals surface area contributed by atoms with Gasteiger partial charge in [-0.15, -0.1) is 0 Å². The molecule has 0 radical (unpaired) electrons. The molecule has 0 aliphatic rings. The molecule has 3 rings (SSSR count). The quantitative estimate of drug-likeness (QED) is 0.719. The van der Waals surface area contributed by atoms with E-state index in [1.54, 1.807) is 6.07 Å². The van der Waals surface area contributed by atoms with Crippen molar-refractivity contribution in [3.05, 3.63) is 78.4 Å². The normalized spacial score (nSPS) is 10.8. The van der Waals surface area contributed by atoms with Crippen LogP contribution in [0.25, 0.3) is 22.3 Å². The van der Waals surface area contributed by atoms with Crippen molar-refractivity contribution in [1.82, 2.24) is 0 Å². The predicted octanol–water partition coefficient (Wildman–Crippen LogP) is 4.41. The van der Waals surface area contributed by atoms with Gasteiger partial charge in [0.15, 0.2) is 0 Å². The van der Waals surface area contributed by atoms with Crippen LogP contribution < -0.4 is 5.19 Å². The smallest absolute Gasteiger partial charge is 0.336 e. The van der Waals surface area contributed by atoms with Crippen molar-refractivity contribution < 1.29 is 9.90 Å². The molecule has 0 aliphatic carbocycles. The second-order valence-electron chi connectivity index (χ2n) is 6.21. The number of rotatable bonds is 4. The zero-order valence-electron chi connectivity index (χ0n) is 13.9. The predicted molar refractivity (Wildman–Crippen MR) is 103 cm³/mol. The average molecular weight is 332 g/mol. The minimum atomic E-state index is -0.984. The van der Waals surface area contributed by atoms with Gasteiger partial charge in [0, 0.05) is 0 Å². The van der Waals surface area contributed by atoms with Gasteiger partial charge in [-0.2, -0.15) is 0 Å². The summed E-state index contributed by atoms with van der Waals surface area (Å²) < 4.78 is 0. The molecule has 0 heterocycles. The van der Waals surface area contributed by atoms with Gasteiger partial charge in [0.1, 0.15) is 0 Å². The third-order valence-electron chi connectivity index (χ3n) is 4.24. The van der Waals surface area contributed by atoms with Crippen molar-refractivity contribution in [1.29, 1.82) is 0 Å². The molecule has 2 nitrogen and oxygen atoms in total. The van der Waals surface area contributed by atoms with Crippen LogP contribution in [0.5, 0.6) is 0 Å². The molecule has 0 unspecified atom stereocenters. The Labute approximate surface area is 144 Å². The third kappa shape index (κ3) is 3.31. The fraction of sp³-hybridized carbons (Fsp3) is 0.0952. The molecule has 3 aromatic rings. The highest BCUT2D eigenvalue weighted by molar-refractivity contribution is 6.70. The average Bonchev–Trinajstić information content (AvgIpc) is 2.62. The van der Waals surface area contributed by atoms with E-state index in [0.29, 0.717) is 5.56 Å². The van der Waals surface area contributed by atoms with Crippen LogP contribution in [0.4, 0.5) is 0 Å².